The molecule has 1 saturated carbocycles. The Hall–Kier alpha value is -4.01. The molecule has 2 amide bonds. The van der Waals surface area contributed by atoms with Gasteiger partial charge in [-0.25, -0.2) is 4.98 Å². The highest BCUT2D eigenvalue weighted by molar-refractivity contribution is 5.89. The third kappa shape index (κ3) is 6.25. The van der Waals surface area contributed by atoms with E-state index in [-0.39, 0.29) is 17.7 Å². The van der Waals surface area contributed by atoms with E-state index in [0.29, 0.717) is 5.56 Å². The van der Waals surface area contributed by atoms with Crippen LogP contribution in [0, 0.1) is 5.92 Å². The van der Waals surface area contributed by atoms with Gasteiger partial charge in [0, 0.05) is 38.6 Å². The first-order valence-corrected chi connectivity index (χ1v) is 15.2. The molecule has 1 aliphatic carbocycles. The van der Waals surface area contributed by atoms with Gasteiger partial charge in [0.2, 0.25) is 11.8 Å². The van der Waals surface area contributed by atoms with E-state index in [2.05, 4.69) is 62.6 Å². The number of benzene rings is 3. The second-order valence-electron chi connectivity index (χ2n) is 11.6. The van der Waals surface area contributed by atoms with Crippen molar-refractivity contribution in [3.8, 4) is 0 Å². The van der Waals surface area contributed by atoms with Crippen LogP contribution in [0.3, 0.4) is 0 Å². The number of fused-ring (bicyclic) bond motifs is 1. The van der Waals surface area contributed by atoms with Crippen molar-refractivity contribution >= 4 is 22.8 Å². The molecule has 4 aromatic rings. The number of nitrogens with one attached hydrogen (secondary N) is 2. The van der Waals surface area contributed by atoms with Gasteiger partial charge in [-0.15, -0.1) is 0 Å². The molecular formula is C34H40N6O2. The first kappa shape index (κ1) is 28.1. The van der Waals surface area contributed by atoms with Crippen LogP contribution < -0.4 is 16.4 Å². The van der Waals surface area contributed by atoms with Gasteiger partial charge in [-0.3, -0.25) is 14.5 Å². The summed E-state index contributed by atoms with van der Waals surface area (Å²) in [4.78, 5) is 33.3. The Labute approximate surface area is 247 Å². The fourth-order valence-electron chi connectivity index (χ4n) is 6.60. The number of hydrogen-bond donors (Lipinski definition) is 3. The topological polar surface area (TPSA) is 105 Å². The van der Waals surface area contributed by atoms with Gasteiger partial charge in [0.15, 0.2) is 0 Å². The lowest BCUT2D eigenvalue weighted by Crippen LogP contribution is -2.43. The monoisotopic (exact) mass is 564 g/mol. The lowest BCUT2D eigenvalue weighted by atomic mass is 9.74. The number of amides is 2. The van der Waals surface area contributed by atoms with Gasteiger partial charge in [-0.1, -0.05) is 79.6 Å². The smallest absolute Gasteiger partial charge is 0.244 e. The molecule has 2 aliphatic rings. The van der Waals surface area contributed by atoms with Gasteiger partial charge >= 0.3 is 0 Å². The first-order chi connectivity index (χ1) is 20.6. The summed E-state index contributed by atoms with van der Waals surface area (Å²) in [6, 6.07) is 25.5. The summed E-state index contributed by atoms with van der Waals surface area (Å²) in [5.41, 5.74) is 11.0. The predicted octanol–water partition coefficient (Wildman–Crippen LogP) is 4.11. The van der Waals surface area contributed by atoms with Gasteiger partial charge in [-0.05, 0) is 47.6 Å². The average molecular weight is 565 g/mol. The van der Waals surface area contributed by atoms with Crippen molar-refractivity contribution in [1.82, 2.24) is 25.1 Å². The van der Waals surface area contributed by atoms with Crippen molar-refractivity contribution in [1.29, 1.82) is 0 Å². The number of rotatable bonds is 9. The van der Waals surface area contributed by atoms with E-state index in [0.717, 1.165) is 81.8 Å². The van der Waals surface area contributed by atoms with Crippen LogP contribution >= 0.6 is 0 Å². The Balaban J connectivity index is 1.19. The molecule has 0 radical (unpaired) electrons. The van der Waals surface area contributed by atoms with E-state index >= 15 is 0 Å². The van der Waals surface area contributed by atoms with E-state index in [1.807, 2.05) is 36.4 Å². The van der Waals surface area contributed by atoms with Crippen LogP contribution in [-0.4, -0.2) is 52.4 Å². The zero-order chi connectivity index (χ0) is 28.9. The molecule has 2 fully saturated rings. The predicted molar refractivity (Wildman–Crippen MR) is 165 cm³/mol. The normalized spacial score (nSPS) is 20.3. The Morgan fingerprint density at radius 2 is 1.62 bits per heavy atom. The third-order valence-electron chi connectivity index (χ3n) is 8.86. The summed E-state index contributed by atoms with van der Waals surface area (Å²) >= 11 is 0. The summed E-state index contributed by atoms with van der Waals surface area (Å²) in [7, 11) is 0. The quantitative estimate of drug-likeness (QED) is 0.284. The summed E-state index contributed by atoms with van der Waals surface area (Å²) in [6.45, 7) is 5.66. The van der Waals surface area contributed by atoms with Gasteiger partial charge in [0.1, 0.15) is 11.9 Å². The van der Waals surface area contributed by atoms with Gasteiger partial charge in [0.25, 0.3) is 0 Å². The number of aromatic nitrogens is 2. The van der Waals surface area contributed by atoms with Crippen molar-refractivity contribution in [2.45, 2.75) is 50.7 Å². The molecule has 42 heavy (non-hydrogen) atoms. The van der Waals surface area contributed by atoms with Gasteiger partial charge < -0.3 is 20.9 Å². The minimum atomic E-state index is -0.830. The fourth-order valence-corrected chi connectivity index (χ4v) is 6.60. The Morgan fingerprint density at radius 1 is 0.905 bits per heavy atom. The van der Waals surface area contributed by atoms with Gasteiger partial charge in [0.05, 0.1) is 17.6 Å². The van der Waals surface area contributed by atoms with Crippen LogP contribution in [0.15, 0.2) is 78.9 Å². The molecule has 0 unspecified atom stereocenters. The molecule has 218 valence electrons. The Kier molecular flexibility index (Phi) is 8.63. The standard InChI is InChI=1S/C34H40N6O2/c35-33(41)32(26-8-2-1-3-9-26)38-34(42)28-11-5-4-10-27(28)25-16-14-24(15-17-25)22-40-30-13-7-6-12-29(30)37-31(40)23-39-20-18-36-19-21-39/h1-3,6-9,12-17,27-28,32,36H,4-5,10-11,18-23H2,(H2,35,41)(H,38,42)/t27-,28+,32-/m0/s1. The molecule has 6 rings (SSSR count). The van der Waals surface area contributed by atoms with E-state index < -0.39 is 11.9 Å². The molecule has 4 N–H and O–H groups in total. The van der Waals surface area contributed by atoms with Crippen LogP contribution in [0.2, 0.25) is 0 Å². The molecule has 3 aromatic carbocycles. The average Bonchev–Trinajstić information content (AvgIpc) is 3.37. The molecule has 3 atom stereocenters. The number of primary amides is 1. The van der Waals surface area contributed by atoms with Gasteiger partial charge in [-0.2, -0.15) is 0 Å². The third-order valence-corrected chi connectivity index (χ3v) is 8.86. The maximum atomic E-state index is 13.5. The highest BCUT2D eigenvalue weighted by Crippen LogP contribution is 2.38. The fraction of sp³-hybridized carbons (Fsp3) is 0.382. The number of carbonyl (C=O) groups excluding carboxylic acids is 2. The lowest BCUT2D eigenvalue weighted by Gasteiger charge is -2.32. The van der Waals surface area contributed by atoms with E-state index in [1.54, 1.807) is 0 Å². The zero-order valence-electron chi connectivity index (χ0n) is 24.0. The van der Waals surface area contributed by atoms with E-state index in [1.165, 1.54) is 11.1 Å². The first-order valence-electron chi connectivity index (χ1n) is 15.2. The minimum Gasteiger partial charge on any atom is -0.368 e. The molecule has 1 aliphatic heterocycles. The second kappa shape index (κ2) is 12.9. The highest BCUT2D eigenvalue weighted by Gasteiger charge is 2.34. The molecule has 2 heterocycles. The second-order valence-corrected chi connectivity index (χ2v) is 11.6. The SMILES string of the molecule is NC(=O)[C@@H](NC(=O)[C@@H]1CCCC[C@H]1c1ccc(Cn2c(CN3CCNCC3)nc3ccccc32)cc1)c1ccccc1. The van der Waals surface area contributed by atoms with E-state index in [9.17, 15) is 9.59 Å². The molecule has 1 aromatic heterocycles. The number of carbonyl (C=O) groups is 2. The number of piperazine rings is 1. The van der Waals surface area contributed by atoms with Crippen LogP contribution in [0.5, 0.6) is 0 Å². The largest absolute Gasteiger partial charge is 0.368 e. The number of para-hydroxylation sites is 2. The summed E-state index contributed by atoms with van der Waals surface area (Å²) in [5, 5.41) is 6.40. The molecule has 1 saturated heterocycles. The Bertz CT molecular complexity index is 1510. The minimum absolute atomic E-state index is 0.0983. The highest BCUT2D eigenvalue weighted by atomic mass is 16.2. The summed E-state index contributed by atoms with van der Waals surface area (Å²) in [6.07, 6.45) is 3.84. The van der Waals surface area contributed by atoms with Crippen LogP contribution in [-0.2, 0) is 22.7 Å². The summed E-state index contributed by atoms with van der Waals surface area (Å²) in [5.74, 6) is 0.356. The molecule has 8 nitrogen and oxygen atoms in total. The molecule has 0 bridgehead atoms. The zero-order valence-corrected chi connectivity index (χ0v) is 24.0. The van der Waals surface area contributed by atoms with Crippen molar-refractivity contribution < 1.29 is 9.59 Å². The van der Waals surface area contributed by atoms with Crippen LogP contribution in [0.25, 0.3) is 11.0 Å². The van der Waals surface area contributed by atoms with Crippen molar-refractivity contribution in [3.05, 3.63) is 101 Å². The molecule has 0 spiro atoms. The number of nitrogens with zero attached hydrogens (tertiary/aromatic N) is 3. The van der Waals surface area contributed by atoms with Crippen molar-refractivity contribution in [2.75, 3.05) is 26.2 Å². The molecule has 8 heteroatoms. The lowest BCUT2D eigenvalue weighted by molar-refractivity contribution is -0.131. The maximum absolute atomic E-state index is 13.5. The number of imidazole rings is 1. The summed E-state index contributed by atoms with van der Waals surface area (Å²) < 4.78 is 2.34. The number of hydrogen-bond acceptors (Lipinski definition) is 5. The van der Waals surface area contributed by atoms with E-state index in [4.69, 9.17) is 10.7 Å². The molecular weight excluding hydrogens is 524 g/mol. The van der Waals surface area contributed by atoms with Crippen molar-refractivity contribution in [2.24, 2.45) is 11.7 Å². The number of nitrogens with two attached hydrogens (primary N) is 1. The van der Waals surface area contributed by atoms with Crippen molar-refractivity contribution in [3.63, 3.8) is 0 Å². The van der Waals surface area contributed by atoms with Crippen LogP contribution in [0.4, 0.5) is 0 Å². The maximum Gasteiger partial charge on any atom is 0.244 e. The van der Waals surface area contributed by atoms with Crippen LogP contribution in [0.1, 0.15) is 60.2 Å². The Morgan fingerprint density at radius 3 is 2.38 bits per heavy atom.